The zero-order valence-corrected chi connectivity index (χ0v) is 12.2. The molecule has 0 bridgehead atoms. The molecule has 0 aliphatic heterocycles. The van der Waals surface area contributed by atoms with Gasteiger partial charge in [0.1, 0.15) is 12.1 Å². The van der Waals surface area contributed by atoms with E-state index in [9.17, 15) is 14.7 Å². The molecule has 0 spiro atoms. The monoisotopic (exact) mass is 291 g/mol. The lowest BCUT2D eigenvalue weighted by Crippen LogP contribution is -2.56. The minimum absolute atomic E-state index is 0.137. The summed E-state index contributed by atoms with van der Waals surface area (Å²) in [5.74, 6) is -0.699. The largest absolute Gasteiger partial charge is 0.480 e. The molecule has 5 nitrogen and oxygen atoms in total. The van der Waals surface area contributed by atoms with E-state index in [1.54, 1.807) is 0 Å². The lowest BCUT2D eigenvalue weighted by atomic mass is 9.76. The first-order valence-electron chi connectivity index (χ1n) is 7.24. The average Bonchev–Trinajstić information content (AvgIpc) is 2.46. The van der Waals surface area contributed by atoms with E-state index >= 15 is 0 Å². The predicted molar refractivity (Wildman–Crippen MR) is 77.8 cm³/mol. The SMILES string of the molecule is C[C@H]1CCC[C@@](NC(=O)OCc2ccccc2)(C(=O)O)C1. The molecular weight excluding hydrogens is 270 g/mol. The van der Waals surface area contributed by atoms with Gasteiger partial charge in [-0.15, -0.1) is 0 Å². The second-order valence-electron chi connectivity index (χ2n) is 5.78. The molecule has 1 saturated carbocycles. The second kappa shape index (κ2) is 6.61. The Hall–Kier alpha value is -2.04. The van der Waals surface area contributed by atoms with E-state index in [4.69, 9.17) is 4.74 Å². The van der Waals surface area contributed by atoms with Crippen molar-refractivity contribution in [3.05, 3.63) is 35.9 Å². The minimum Gasteiger partial charge on any atom is -0.480 e. The molecule has 5 heteroatoms. The van der Waals surface area contributed by atoms with Crippen LogP contribution in [0.2, 0.25) is 0 Å². The number of alkyl carbamates (subject to hydrolysis) is 1. The molecule has 114 valence electrons. The van der Waals surface area contributed by atoms with Crippen LogP contribution in [0.1, 0.15) is 38.2 Å². The Balaban J connectivity index is 1.94. The lowest BCUT2D eigenvalue weighted by Gasteiger charge is -2.36. The zero-order chi connectivity index (χ0) is 15.3. The molecule has 0 aromatic heterocycles. The van der Waals surface area contributed by atoms with Gasteiger partial charge in [0, 0.05) is 0 Å². The number of rotatable bonds is 4. The fourth-order valence-electron chi connectivity index (χ4n) is 2.87. The third-order valence-electron chi connectivity index (χ3n) is 3.96. The summed E-state index contributed by atoms with van der Waals surface area (Å²) in [5, 5.41) is 12.0. The summed E-state index contributed by atoms with van der Waals surface area (Å²) in [5.41, 5.74) is -0.320. The standard InChI is InChI=1S/C16H21NO4/c1-12-6-5-9-16(10-12,14(18)19)17-15(20)21-11-13-7-3-2-4-8-13/h2-4,7-8,12H,5-6,9-11H2,1H3,(H,17,20)(H,18,19)/t12-,16-/m0/s1. The molecular formula is C16H21NO4. The number of hydrogen-bond acceptors (Lipinski definition) is 3. The maximum absolute atomic E-state index is 11.9. The van der Waals surface area contributed by atoms with Gasteiger partial charge >= 0.3 is 12.1 Å². The summed E-state index contributed by atoms with van der Waals surface area (Å²) in [6, 6.07) is 9.30. The van der Waals surface area contributed by atoms with Crippen LogP contribution < -0.4 is 5.32 Å². The molecule has 0 radical (unpaired) electrons. The van der Waals surface area contributed by atoms with Crippen molar-refractivity contribution >= 4 is 12.1 Å². The molecule has 21 heavy (non-hydrogen) atoms. The minimum atomic E-state index is -1.19. The Bertz CT molecular complexity index is 502. The highest BCUT2D eigenvalue weighted by Gasteiger charge is 2.43. The number of ether oxygens (including phenoxy) is 1. The number of aliphatic carboxylic acids is 1. The molecule has 1 fully saturated rings. The first kappa shape index (κ1) is 15.4. The smallest absolute Gasteiger partial charge is 0.408 e. The summed E-state index contributed by atoms with van der Waals surface area (Å²) in [4.78, 5) is 23.5. The van der Waals surface area contributed by atoms with Gasteiger partial charge in [-0.05, 0) is 24.3 Å². The van der Waals surface area contributed by atoms with Gasteiger partial charge < -0.3 is 15.2 Å². The summed E-state index contributed by atoms with van der Waals surface area (Å²) in [6.07, 6.45) is 2.02. The van der Waals surface area contributed by atoms with E-state index in [1.807, 2.05) is 37.3 Å². The number of benzene rings is 1. The van der Waals surface area contributed by atoms with Crippen molar-refractivity contribution < 1.29 is 19.4 Å². The highest BCUT2D eigenvalue weighted by atomic mass is 16.5. The van der Waals surface area contributed by atoms with Crippen molar-refractivity contribution in [3.8, 4) is 0 Å². The van der Waals surface area contributed by atoms with Gasteiger partial charge in [0.2, 0.25) is 0 Å². The van der Waals surface area contributed by atoms with Gasteiger partial charge in [0.15, 0.2) is 0 Å². The number of carboxylic acid groups (broad SMARTS) is 1. The van der Waals surface area contributed by atoms with Crippen LogP contribution in [-0.4, -0.2) is 22.7 Å². The normalized spacial score (nSPS) is 25.1. The zero-order valence-electron chi connectivity index (χ0n) is 12.2. The van der Waals surface area contributed by atoms with Crippen LogP contribution in [0.5, 0.6) is 0 Å². The van der Waals surface area contributed by atoms with Crippen molar-refractivity contribution in [2.45, 2.75) is 44.8 Å². The molecule has 2 rings (SSSR count). The second-order valence-corrected chi connectivity index (χ2v) is 5.78. The lowest BCUT2D eigenvalue weighted by molar-refractivity contribution is -0.146. The first-order valence-corrected chi connectivity index (χ1v) is 7.24. The van der Waals surface area contributed by atoms with Gasteiger partial charge in [0.25, 0.3) is 0 Å². The van der Waals surface area contributed by atoms with Gasteiger partial charge in [-0.2, -0.15) is 0 Å². The molecule has 0 heterocycles. The highest BCUT2D eigenvalue weighted by molar-refractivity contribution is 5.84. The van der Waals surface area contributed by atoms with Crippen molar-refractivity contribution in [1.29, 1.82) is 0 Å². The van der Waals surface area contributed by atoms with Crippen molar-refractivity contribution in [2.24, 2.45) is 5.92 Å². The summed E-state index contributed by atoms with van der Waals surface area (Å²) in [7, 11) is 0. The van der Waals surface area contributed by atoms with Gasteiger partial charge in [-0.25, -0.2) is 9.59 Å². The maximum Gasteiger partial charge on any atom is 0.408 e. The van der Waals surface area contributed by atoms with Crippen molar-refractivity contribution in [2.75, 3.05) is 0 Å². The Morgan fingerprint density at radius 1 is 1.38 bits per heavy atom. The van der Waals surface area contributed by atoms with Crippen LogP contribution >= 0.6 is 0 Å². The van der Waals surface area contributed by atoms with E-state index in [2.05, 4.69) is 5.32 Å². The third-order valence-corrected chi connectivity index (χ3v) is 3.96. The van der Waals surface area contributed by atoms with Crippen LogP contribution in [-0.2, 0) is 16.1 Å². The number of amides is 1. The number of nitrogens with one attached hydrogen (secondary N) is 1. The van der Waals surface area contributed by atoms with Crippen molar-refractivity contribution in [3.63, 3.8) is 0 Å². The molecule has 1 aliphatic rings. The van der Waals surface area contributed by atoms with Gasteiger partial charge in [-0.3, -0.25) is 0 Å². The van der Waals surface area contributed by atoms with Crippen LogP contribution in [0, 0.1) is 5.92 Å². The van der Waals surface area contributed by atoms with E-state index in [0.717, 1.165) is 18.4 Å². The molecule has 1 amide bonds. The van der Waals surface area contributed by atoms with Crippen LogP contribution in [0.4, 0.5) is 4.79 Å². The number of carbonyl (C=O) groups excluding carboxylic acids is 1. The topological polar surface area (TPSA) is 75.6 Å². The van der Waals surface area contributed by atoms with Crippen LogP contribution in [0.25, 0.3) is 0 Å². The number of carbonyl (C=O) groups is 2. The average molecular weight is 291 g/mol. The molecule has 2 atom stereocenters. The molecule has 1 aromatic rings. The fraction of sp³-hybridized carbons (Fsp3) is 0.500. The van der Waals surface area contributed by atoms with Gasteiger partial charge in [-0.1, -0.05) is 50.1 Å². The summed E-state index contributed by atoms with van der Waals surface area (Å²) < 4.78 is 5.13. The number of hydrogen-bond donors (Lipinski definition) is 2. The fourth-order valence-corrected chi connectivity index (χ4v) is 2.87. The van der Waals surface area contributed by atoms with E-state index < -0.39 is 17.6 Å². The third kappa shape index (κ3) is 3.97. The molecule has 1 aromatic carbocycles. The molecule has 0 unspecified atom stereocenters. The van der Waals surface area contributed by atoms with Crippen LogP contribution in [0.3, 0.4) is 0 Å². The quantitative estimate of drug-likeness (QED) is 0.894. The Kier molecular flexibility index (Phi) is 4.83. The van der Waals surface area contributed by atoms with Crippen molar-refractivity contribution in [1.82, 2.24) is 5.32 Å². The Morgan fingerprint density at radius 3 is 2.71 bits per heavy atom. The predicted octanol–water partition coefficient (Wildman–Crippen LogP) is 2.95. The van der Waals surface area contributed by atoms with Crippen LogP contribution in [0.15, 0.2) is 30.3 Å². The van der Waals surface area contributed by atoms with E-state index in [0.29, 0.717) is 12.8 Å². The summed E-state index contributed by atoms with van der Waals surface area (Å²) >= 11 is 0. The molecule has 2 N–H and O–H groups in total. The Morgan fingerprint density at radius 2 is 2.10 bits per heavy atom. The van der Waals surface area contributed by atoms with E-state index in [-0.39, 0.29) is 12.5 Å². The summed E-state index contributed by atoms with van der Waals surface area (Å²) in [6.45, 7) is 2.14. The molecule has 0 saturated heterocycles. The van der Waals surface area contributed by atoms with E-state index in [1.165, 1.54) is 0 Å². The Labute approximate surface area is 124 Å². The highest BCUT2D eigenvalue weighted by Crippen LogP contribution is 2.32. The molecule has 1 aliphatic carbocycles. The first-order chi connectivity index (χ1) is 10.0. The maximum atomic E-state index is 11.9. The number of carboxylic acids is 1. The van der Waals surface area contributed by atoms with Gasteiger partial charge in [0.05, 0.1) is 0 Å².